The molecule has 0 amide bonds. The maximum absolute atomic E-state index is 12.3. The molecule has 1 nitrogen and oxygen atoms in total. The largest absolute Gasteiger partial charge is 0.416 e. The van der Waals surface area contributed by atoms with Crippen LogP contribution in [0.3, 0.4) is 0 Å². The number of alkyl halides is 3. The Bertz CT molecular complexity index is 180. The zero-order chi connectivity index (χ0) is 10.8. The second-order valence-corrected chi connectivity index (χ2v) is 4.48. The van der Waals surface area contributed by atoms with E-state index in [1.54, 1.807) is 0 Å². The zero-order valence-electron chi connectivity index (χ0n) is 8.40. The van der Waals surface area contributed by atoms with Gasteiger partial charge in [0.15, 0.2) is 5.60 Å². The smallest absolute Gasteiger partial charge is 0.381 e. The van der Waals surface area contributed by atoms with E-state index in [2.05, 4.69) is 0 Å². The van der Waals surface area contributed by atoms with Gasteiger partial charge in [0, 0.05) is 0 Å². The molecule has 0 aromatic heterocycles. The van der Waals surface area contributed by atoms with E-state index >= 15 is 0 Å². The van der Waals surface area contributed by atoms with Crippen LogP contribution in [0.15, 0.2) is 0 Å². The fraction of sp³-hybridized carbons (Fsp3) is 1.00. The fourth-order valence-electron chi connectivity index (χ4n) is 2.07. The molecule has 1 rings (SSSR count). The Labute approximate surface area is 82.3 Å². The van der Waals surface area contributed by atoms with Crippen LogP contribution in [0.1, 0.15) is 45.4 Å². The molecule has 0 saturated heterocycles. The number of hydrogen-bond acceptors (Lipinski definition) is 1. The van der Waals surface area contributed by atoms with E-state index < -0.39 is 11.8 Å². The maximum atomic E-state index is 12.3. The molecule has 1 aliphatic rings. The van der Waals surface area contributed by atoms with Gasteiger partial charge in [0.05, 0.1) is 0 Å². The van der Waals surface area contributed by atoms with Crippen LogP contribution in [0.5, 0.6) is 0 Å². The van der Waals surface area contributed by atoms with Gasteiger partial charge in [-0.05, 0) is 19.3 Å². The summed E-state index contributed by atoms with van der Waals surface area (Å²) in [5.74, 6) is 0.0420. The molecule has 4 heteroatoms. The molecule has 14 heavy (non-hydrogen) atoms. The molecule has 1 unspecified atom stereocenters. The number of hydrogen-bond donors (Lipinski definition) is 1. The monoisotopic (exact) mass is 210 g/mol. The predicted molar refractivity (Wildman–Crippen MR) is 47.9 cm³/mol. The minimum absolute atomic E-state index is 0.0420. The highest BCUT2D eigenvalue weighted by Gasteiger charge is 2.50. The summed E-state index contributed by atoms with van der Waals surface area (Å²) < 4.78 is 37.0. The molecule has 1 atom stereocenters. The molecule has 0 spiro atoms. The topological polar surface area (TPSA) is 20.2 Å². The first-order valence-electron chi connectivity index (χ1n) is 5.12. The average molecular weight is 210 g/mol. The van der Waals surface area contributed by atoms with Crippen LogP contribution in [0.25, 0.3) is 0 Å². The molecule has 0 bridgehead atoms. The molecule has 0 radical (unpaired) electrons. The van der Waals surface area contributed by atoms with E-state index in [1.807, 2.05) is 0 Å². The Balaban J connectivity index is 2.49. The normalized spacial score (nSPS) is 24.6. The van der Waals surface area contributed by atoms with Crippen molar-refractivity contribution in [2.45, 2.75) is 57.2 Å². The molecule has 0 heterocycles. The lowest BCUT2D eigenvalue weighted by molar-refractivity contribution is -0.259. The van der Waals surface area contributed by atoms with Crippen LogP contribution in [-0.2, 0) is 0 Å². The van der Waals surface area contributed by atoms with E-state index in [9.17, 15) is 18.3 Å². The SMILES string of the molecule is CC(O)(CC1CCCCC1)C(F)(F)F. The fourth-order valence-corrected chi connectivity index (χ4v) is 2.07. The predicted octanol–water partition coefficient (Wildman–Crippen LogP) is 3.27. The number of rotatable bonds is 2. The molecule has 1 N–H and O–H groups in total. The van der Waals surface area contributed by atoms with E-state index in [-0.39, 0.29) is 12.3 Å². The summed E-state index contributed by atoms with van der Waals surface area (Å²) in [7, 11) is 0. The van der Waals surface area contributed by atoms with Crippen molar-refractivity contribution in [3.05, 3.63) is 0 Å². The van der Waals surface area contributed by atoms with Gasteiger partial charge in [0.1, 0.15) is 0 Å². The van der Waals surface area contributed by atoms with Crippen LogP contribution in [-0.4, -0.2) is 16.9 Å². The summed E-state index contributed by atoms with van der Waals surface area (Å²) in [6, 6.07) is 0. The van der Waals surface area contributed by atoms with Gasteiger partial charge in [0.25, 0.3) is 0 Å². The van der Waals surface area contributed by atoms with Crippen molar-refractivity contribution in [3.63, 3.8) is 0 Å². The van der Waals surface area contributed by atoms with Crippen LogP contribution < -0.4 is 0 Å². The van der Waals surface area contributed by atoms with Crippen molar-refractivity contribution in [2.24, 2.45) is 5.92 Å². The van der Waals surface area contributed by atoms with Crippen LogP contribution >= 0.6 is 0 Å². The minimum Gasteiger partial charge on any atom is -0.381 e. The third-order valence-electron chi connectivity index (χ3n) is 3.02. The first kappa shape index (κ1) is 11.8. The first-order valence-corrected chi connectivity index (χ1v) is 5.12. The lowest BCUT2D eigenvalue weighted by Gasteiger charge is -2.32. The van der Waals surface area contributed by atoms with Crippen molar-refractivity contribution >= 4 is 0 Å². The van der Waals surface area contributed by atoms with Crippen molar-refractivity contribution in [3.8, 4) is 0 Å². The van der Waals surface area contributed by atoms with E-state index in [0.29, 0.717) is 0 Å². The van der Waals surface area contributed by atoms with Crippen molar-refractivity contribution in [1.29, 1.82) is 0 Å². The van der Waals surface area contributed by atoms with Gasteiger partial charge < -0.3 is 5.11 Å². The quantitative estimate of drug-likeness (QED) is 0.741. The van der Waals surface area contributed by atoms with Crippen LogP contribution in [0, 0.1) is 5.92 Å². The summed E-state index contributed by atoms with van der Waals surface area (Å²) >= 11 is 0. The number of aliphatic hydroxyl groups is 1. The van der Waals surface area contributed by atoms with Gasteiger partial charge in [-0.1, -0.05) is 32.1 Å². The number of halogens is 3. The van der Waals surface area contributed by atoms with Gasteiger partial charge in [-0.25, -0.2) is 0 Å². The second-order valence-electron chi connectivity index (χ2n) is 4.48. The third kappa shape index (κ3) is 2.87. The average Bonchev–Trinajstić information content (AvgIpc) is 2.03. The van der Waals surface area contributed by atoms with Gasteiger partial charge in [-0.15, -0.1) is 0 Å². The Hall–Kier alpha value is -0.250. The molecule has 0 aliphatic heterocycles. The van der Waals surface area contributed by atoms with E-state index in [4.69, 9.17) is 0 Å². The molecule has 1 saturated carbocycles. The summed E-state index contributed by atoms with van der Waals surface area (Å²) in [6.45, 7) is 0.877. The zero-order valence-corrected chi connectivity index (χ0v) is 8.40. The first-order chi connectivity index (χ1) is 6.33. The molecule has 0 aromatic rings. The lowest BCUT2D eigenvalue weighted by Crippen LogP contribution is -2.43. The van der Waals surface area contributed by atoms with Crippen LogP contribution in [0.4, 0.5) is 13.2 Å². The Kier molecular flexibility index (Phi) is 3.45. The standard InChI is InChI=1S/C10H17F3O/c1-9(14,10(11,12)13)7-8-5-3-2-4-6-8/h8,14H,2-7H2,1H3. The van der Waals surface area contributed by atoms with Gasteiger partial charge in [-0.2, -0.15) is 13.2 Å². The molecule has 1 fully saturated rings. The lowest BCUT2D eigenvalue weighted by atomic mass is 9.81. The van der Waals surface area contributed by atoms with E-state index in [1.165, 1.54) is 0 Å². The highest BCUT2D eigenvalue weighted by atomic mass is 19.4. The van der Waals surface area contributed by atoms with Crippen LogP contribution in [0.2, 0.25) is 0 Å². The van der Waals surface area contributed by atoms with Gasteiger partial charge in [0.2, 0.25) is 0 Å². The molecule has 84 valence electrons. The second kappa shape index (κ2) is 4.09. The molecular weight excluding hydrogens is 193 g/mol. The third-order valence-corrected chi connectivity index (χ3v) is 3.02. The summed E-state index contributed by atoms with van der Waals surface area (Å²) in [5, 5.41) is 9.28. The van der Waals surface area contributed by atoms with Gasteiger partial charge in [-0.3, -0.25) is 0 Å². The summed E-state index contributed by atoms with van der Waals surface area (Å²) in [4.78, 5) is 0. The van der Waals surface area contributed by atoms with Crippen molar-refractivity contribution in [2.75, 3.05) is 0 Å². The van der Waals surface area contributed by atoms with Gasteiger partial charge >= 0.3 is 6.18 Å². The Morgan fingerprint density at radius 2 is 1.64 bits per heavy atom. The Morgan fingerprint density at radius 1 is 1.14 bits per heavy atom. The highest BCUT2D eigenvalue weighted by Crippen LogP contribution is 2.38. The minimum atomic E-state index is -4.50. The maximum Gasteiger partial charge on any atom is 0.416 e. The summed E-state index contributed by atoms with van der Waals surface area (Å²) in [5.41, 5.74) is -2.50. The van der Waals surface area contributed by atoms with E-state index in [0.717, 1.165) is 39.0 Å². The molecule has 1 aliphatic carbocycles. The van der Waals surface area contributed by atoms with Crippen molar-refractivity contribution in [1.82, 2.24) is 0 Å². The molecule has 0 aromatic carbocycles. The highest BCUT2D eigenvalue weighted by molar-refractivity contribution is 4.85. The Morgan fingerprint density at radius 3 is 2.07 bits per heavy atom. The van der Waals surface area contributed by atoms with Crippen molar-refractivity contribution < 1.29 is 18.3 Å². The molecular formula is C10H17F3O. The summed E-state index contributed by atoms with van der Waals surface area (Å²) in [6.07, 6.45) is 0.126.